The van der Waals surface area contributed by atoms with Gasteiger partial charge in [0.1, 0.15) is 11.5 Å². The number of hydrogen-bond donors (Lipinski definition) is 2. The number of alkyl halides is 6. The number of halogens is 6. The van der Waals surface area contributed by atoms with E-state index in [-0.39, 0.29) is 33.8 Å². The van der Waals surface area contributed by atoms with E-state index in [0.29, 0.717) is 0 Å². The molecule has 0 fully saturated rings. The molecule has 0 bridgehead atoms. The Hall–Kier alpha value is -3.94. The Morgan fingerprint density at radius 2 is 0.867 bits per heavy atom. The zero-order valence-electron chi connectivity index (χ0n) is 24.4. The lowest BCUT2D eigenvalue weighted by molar-refractivity contribution is -0.322. The summed E-state index contributed by atoms with van der Waals surface area (Å²) < 4.78 is 152. The summed E-state index contributed by atoms with van der Waals surface area (Å²) in [7, 11) is -10.2. The minimum atomic E-state index is -6.39. The van der Waals surface area contributed by atoms with Gasteiger partial charge in [0.2, 0.25) is 0 Å². The van der Waals surface area contributed by atoms with Gasteiger partial charge in [0.25, 0.3) is 0 Å². The molecule has 0 unspecified atom stereocenters. The molecule has 0 heterocycles. The Balaban J connectivity index is 2.01. The highest BCUT2D eigenvalue weighted by molar-refractivity contribution is 7.85. The van der Waals surface area contributed by atoms with Crippen LogP contribution in [0.1, 0.15) is 33.4 Å². The van der Waals surface area contributed by atoms with Gasteiger partial charge in [-0.3, -0.25) is 0 Å². The lowest BCUT2D eigenvalue weighted by atomic mass is 10.1. The summed E-state index contributed by atoms with van der Waals surface area (Å²) in [5.41, 5.74) is 2.59. The quantitative estimate of drug-likeness (QED) is 0.294. The van der Waals surface area contributed by atoms with Crippen LogP contribution in [0.2, 0.25) is 0 Å². The van der Waals surface area contributed by atoms with Crippen molar-refractivity contribution in [1.29, 1.82) is 0 Å². The standard InChI is InChI=1S/C25H28F6N2O10S2/c1-13-7-15(3)19(16(4)8-13)42-44(36,37)32-21(34)40-11-23(26,27)25(30,31)24(28,29)12-41-22(35)33-45(38,39)43-20-17(5)9-14(2)10-18(20)6/h7-10H,11-12H2,1-6H3,(H,32,34)(H,33,35). The highest BCUT2D eigenvalue weighted by Gasteiger charge is 2.72. The molecular formula is C25H28F6N2O10S2. The van der Waals surface area contributed by atoms with E-state index in [1.807, 2.05) is 0 Å². The van der Waals surface area contributed by atoms with Crippen molar-refractivity contribution in [1.82, 2.24) is 9.44 Å². The first-order chi connectivity index (χ1) is 20.3. The van der Waals surface area contributed by atoms with Gasteiger partial charge in [-0.05, 0) is 63.8 Å². The summed E-state index contributed by atoms with van der Waals surface area (Å²) in [4.78, 5) is 23.5. The molecule has 0 aliphatic heterocycles. The average molecular weight is 695 g/mol. The third-order valence-corrected chi connectivity index (χ3v) is 7.31. The second kappa shape index (κ2) is 13.2. The molecule has 12 nitrogen and oxygen atoms in total. The van der Waals surface area contributed by atoms with Crippen LogP contribution in [0, 0.1) is 41.5 Å². The molecule has 2 N–H and O–H groups in total. The minimum absolute atomic E-state index is 0.249. The fraction of sp³-hybridized carbons (Fsp3) is 0.440. The highest BCUT2D eigenvalue weighted by atomic mass is 32.2. The summed E-state index contributed by atoms with van der Waals surface area (Å²) in [6.45, 7) is 3.59. The number of nitrogens with one attached hydrogen (secondary N) is 2. The van der Waals surface area contributed by atoms with Crippen LogP contribution in [0.25, 0.3) is 0 Å². The highest BCUT2D eigenvalue weighted by Crippen LogP contribution is 2.46. The maximum absolute atomic E-state index is 14.2. The summed E-state index contributed by atoms with van der Waals surface area (Å²) in [6.07, 6.45) is -4.56. The van der Waals surface area contributed by atoms with Crippen LogP contribution < -0.4 is 17.8 Å². The summed E-state index contributed by atoms with van der Waals surface area (Å²) in [5.74, 6) is -18.6. The first-order valence-electron chi connectivity index (χ1n) is 12.4. The van der Waals surface area contributed by atoms with Gasteiger partial charge in [-0.2, -0.15) is 52.6 Å². The van der Waals surface area contributed by atoms with E-state index in [2.05, 4.69) is 17.8 Å². The molecule has 45 heavy (non-hydrogen) atoms. The van der Waals surface area contributed by atoms with Crippen LogP contribution in [0.5, 0.6) is 11.5 Å². The molecule has 2 aromatic rings. The second-order valence-corrected chi connectivity index (χ2v) is 12.4. The fourth-order valence-electron chi connectivity index (χ4n) is 3.88. The van der Waals surface area contributed by atoms with Gasteiger partial charge in [0.15, 0.2) is 13.2 Å². The number of ether oxygens (including phenoxy) is 2. The van der Waals surface area contributed by atoms with E-state index in [0.717, 1.165) is 20.6 Å². The van der Waals surface area contributed by atoms with Crippen LogP contribution >= 0.6 is 0 Å². The number of benzene rings is 2. The van der Waals surface area contributed by atoms with Crippen molar-refractivity contribution in [3.8, 4) is 11.5 Å². The first-order valence-corrected chi connectivity index (χ1v) is 15.2. The monoisotopic (exact) mass is 694 g/mol. The van der Waals surface area contributed by atoms with Gasteiger partial charge in [-0.25, -0.2) is 9.59 Å². The molecule has 2 aromatic carbocycles. The van der Waals surface area contributed by atoms with Gasteiger partial charge in [0, 0.05) is 0 Å². The topological polar surface area (TPSA) is 163 Å². The van der Waals surface area contributed by atoms with Gasteiger partial charge in [-0.1, -0.05) is 35.4 Å². The van der Waals surface area contributed by atoms with Crippen molar-refractivity contribution >= 4 is 32.8 Å². The fourth-order valence-corrected chi connectivity index (χ4v) is 5.46. The number of carbonyl (C=O) groups excluding carboxylic acids is 2. The molecule has 252 valence electrons. The average Bonchev–Trinajstić information content (AvgIpc) is 2.85. The number of hydrogen-bond acceptors (Lipinski definition) is 10. The third-order valence-electron chi connectivity index (χ3n) is 5.70. The zero-order valence-corrected chi connectivity index (χ0v) is 26.0. The Kier molecular flexibility index (Phi) is 10.9. The van der Waals surface area contributed by atoms with Gasteiger partial charge in [0.05, 0.1) is 0 Å². The Morgan fingerprint density at radius 3 is 1.13 bits per heavy atom. The Morgan fingerprint density at radius 1 is 0.600 bits per heavy atom. The molecule has 0 aliphatic carbocycles. The van der Waals surface area contributed by atoms with Crippen molar-refractivity contribution in [3.05, 3.63) is 57.6 Å². The predicted molar refractivity (Wildman–Crippen MR) is 144 cm³/mol. The van der Waals surface area contributed by atoms with Gasteiger partial charge < -0.3 is 17.8 Å². The molecule has 0 aliphatic rings. The summed E-state index contributed by atoms with van der Waals surface area (Å²) in [6, 6.07) is 6.02. The van der Waals surface area contributed by atoms with Crippen molar-refractivity contribution < 1.29 is 70.6 Å². The van der Waals surface area contributed by atoms with E-state index in [1.165, 1.54) is 52.0 Å². The molecule has 2 amide bonds. The Labute approximate surface area is 254 Å². The molecule has 2 rings (SSSR count). The molecule has 0 aromatic heterocycles. The SMILES string of the molecule is Cc1cc(C)c(OS(=O)(=O)NC(=O)OCC(F)(F)C(F)(F)C(F)(F)COC(=O)NS(=O)(=O)Oc2c(C)cc(C)cc2C)c(C)c1. The molecule has 0 radical (unpaired) electrons. The van der Waals surface area contributed by atoms with Crippen LogP contribution in [0.4, 0.5) is 35.9 Å². The van der Waals surface area contributed by atoms with Crippen LogP contribution in [0.15, 0.2) is 24.3 Å². The number of rotatable bonds is 12. The minimum Gasteiger partial charge on any atom is -0.442 e. The lowest BCUT2D eigenvalue weighted by Crippen LogP contribution is -2.58. The van der Waals surface area contributed by atoms with Crippen LogP contribution in [-0.2, 0) is 30.1 Å². The smallest absolute Gasteiger partial charge is 0.423 e. The molecule has 0 spiro atoms. The van der Waals surface area contributed by atoms with E-state index in [1.54, 1.807) is 13.8 Å². The maximum atomic E-state index is 14.2. The van der Waals surface area contributed by atoms with E-state index in [9.17, 15) is 52.8 Å². The first kappa shape index (κ1) is 37.2. The molecule has 0 saturated carbocycles. The predicted octanol–water partition coefficient (Wildman–Crippen LogP) is 4.84. The molecular weight excluding hydrogens is 666 g/mol. The third kappa shape index (κ3) is 9.52. The zero-order chi connectivity index (χ0) is 34.8. The lowest BCUT2D eigenvalue weighted by Gasteiger charge is -2.31. The van der Waals surface area contributed by atoms with Crippen LogP contribution in [-0.4, -0.2) is 60.0 Å². The van der Waals surface area contributed by atoms with Crippen molar-refractivity contribution in [2.24, 2.45) is 0 Å². The van der Waals surface area contributed by atoms with Crippen LogP contribution in [0.3, 0.4) is 0 Å². The number of carbonyl (C=O) groups is 2. The molecule has 0 saturated heterocycles. The largest absolute Gasteiger partial charge is 0.442 e. The van der Waals surface area contributed by atoms with E-state index >= 15 is 0 Å². The normalized spacial score (nSPS) is 12.7. The maximum Gasteiger partial charge on any atom is 0.423 e. The van der Waals surface area contributed by atoms with Gasteiger partial charge >= 0.3 is 50.6 Å². The van der Waals surface area contributed by atoms with Crippen molar-refractivity contribution in [2.45, 2.75) is 59.3 Å². The number of aryl methyl sites for hydroxylation is 6. The summed E-state index contributed by atoms with van der Waals surface area (Å²) in [5, 5.41) is 0. The van der Waals surface area contributed by atoms with Crippen molar-refractivity contribution in [2.75, 3.05) is 13.2 Å². The van der Waals surface area contributed by atoms with Gasteiger partial charge in [-0.15, -0.1) is 0 Å². The van der Waals surface area contributed by atoms with E-state index in [4.69, 9.17) is 0 Å². The molecule has 0 atom stereocenters. The number of amides is 2. The van der Waals surface area contributed by atoms with E-state index < -0.39 is 63.8 Å². The second-order valence-electron chi connectivity index (χ2n) is 9.87. The Bertz CT molecular complexity index is 1520. The van der Waals surface area contributed by atoms with Crippen molar-refractivity contribution in [3.63, 3.8) is 0 Å². The molecule has 20 heteroatoms. The summed E-state index contributed by atoms with van der Waals surface area (Å²) >= 11 is 0.